The SMILES string of the molecule is COc1ccc(CN(c2cc(F)c(OCc3ccc(Cl)cc3CNC(=O)OC(C)(C)C)cc2F)S(=O)(=O)c2ncns2)c(OC)c1. The highest BCUT2D eigenvalue weighted by molar-refractivity contribution is 7.94. The Morgan fingerprint density at radius 3 is 2.37 bits per heavy atom. The summed E-state index contributed by atoms with van der Waals surface area (Å²) in [6.07, 6.45) is 0.398. The third-order valence-electron chi connectivity index (χ3n) is 6.30. The third kappa shape index (κ3) is 8.53. The summed E-state index contributed by atoms with van der Waals surface area (Å²) in [6, 6.07) is 11.0. The number of rotatable bonds is 12. The number of hydrogen-bond acceptors (Lipinski definition) is 10. The van der Waals surface area contributed by atoms with Crippen molar-refractivity contribution >= 4 is 44.9 Å². The first-order valence-electron chi connectivity index (χ1n) is 13.6. The van der Waals surface area contributed by atoms with Gasteiger partial charge in [0.1, 0.15) is 30.0 Å². The number of benzene rings is 3. The van der Waals surface area contributed by atoms with Gasteiger partial charge in [0.15, 0.2) is 17.4 Å². The van der Waals surface area contributed by atoms with Gasteiger partial charge in [0.05, 0.1) is 26.5 Å². The molecule has 0 bridgehead atoms. The fraction of sp³-hybridized carbons (Fsp3) is 0.300. The van der Waals surface area contributed by atoms with Crippen molar-refractivity contribution in [3.8, 4) is 17.2 Å². The van der Waals surface area contributed by atoms with Crippen LogP contribution in [-0.4, -0.2) is 43.7 Å². The summed E-state index contributed by atoms with van der Waals surface area (Å²) in [6.45, 7) is 4.54. The number of ether oxygens (including phenoxy) is 4. The van der Waals surface area contributed by atoms with Crippen LogP contribution in [0.1, 0.15) is 37.5 Å². The van der Waals surface area contributed by atoms with Gasteiger partial charge in [-0.2, -0.15) is 12.8 Å². The average molecular weight is 697 g/mol. The monoisotopic (exact) mass is 696 g/mol. The molecule has 0 spiro atoms. The maximum atomic E-state index is 15.7. The highest BCUT2D eigenvalue weighted by Gasteiger charge is 2.32. The number of aromatic nitrogens is 2. The van der Waals surface area contributed by atoms with E-state index in [2.05, 4.69) is 14.7 Å². The summed E-state index contributed by atoms with van der Waals surface area (Å²) in [4.78, 5) is 15.9. The maximum Gasteiger partial charge on any atom is 0.407 e. The third-order valence-corrected chi connectivity index (χ3v) is 9.31. The van der Waals surface area contributed by atoms with Gasteiger partial charge in [-0.3, -0.25) is 4.31 Å². The van der Waals surface area contributed by atoms with Crippen molar-refractivity contribution in [2.45, 2.75) is 50.4 Å². The van der Waals surface area contributed by atoms with Crippen molar-refractivity contribution < 1.29 is 40.9 Å². The Bertz CT molecular complexity index is 1800. The second-order valence-electron chi connectivity index (χ2n) is 10.7. The predicted molar refractivity (Wildman–Crippen MR) is 168 cm³/mol. The molecule has 4 aromatic rings. The van der Waals surface area contributed by atoms with Crippen molar-refractivity contribution in [3.05, 3.63) is 88.2 Å². The van der Waals surface area contributed by atoms with Crippen molar-refractivity contribution in [2.24, 2.45) is 0 Å². The molecule has 0 fully saturated rings. The number of carbonyl (C=O) groups excluding carboxylic acids is 1. The van der Waals surface area contributed by atoms with Gasteiger partial charge in [-0.1, -0.05) is 17.7 Å². The Morgan fingerprint density at radius 1 is 0.978 bits per heavy atom. The van der Waals surface area contributed by atoms with E-state index in [-0.39, 0.29) is 18.9 Å². The molecule has 3 aromatic carbocycles. The van der Waals surface area contributed by atoms with Gasteiger partial charge in [-0.05, 0) is 67.7 Å². The van der Waals surface area contributed by atoms with Crippen LogP contribution in [0.4, 0.5) is 19.3 Å². The van der Waals surface area contributed by atoms with Gasteiger partial charge in [0, 0.05) is 35.3 Å². The molecule has 46 heavy (non-hydrogen) atoms. The molecular formula is C30H31ClF2N4O7S2. The van der Waals surface area contributed by atoms with Crippen LogP contribution in [0.2, 0.25) is 5.02 Å². The van der Waals surface area contributed by atoms with E-state index in [0.29, 0.717) is 43.3 Å². The first-order chi connectivity index (χ1) is 21.7. The molecule has 0 aliphatic heterocycles. The highest BCUT2D eigenvalue weighted by atomic mass is 35.5. The van der Waals surface area contributed by atoms with E-state index in [0.717, 1.165) is 18.5 Å². The minimum absolute atomic E-state index is 0.0250. The molecular weight excluding hydrogens is 666 g/mol. The normalized spacial score (nSPS) is 11.6. The largest absolute Gasteiger partial charge is 0.497 e. The predicted octanol–water partition coefficient (Wildman–Crippen LogP) is 6.49. The number of sulfonamides is 1. The van der Waals surface area contributed by atoms with Crippen molar-refractivity contribution in [3.63, 3.8) is 0 Å². The number of amides is 1. The molecule has 1 N–H and O–H groups in total. The van der Waals surface area contributed by atoms with E-state index in [4.69, 9.17) is 30.5 Å². The van der Waals surface area contributed by atoms with Crippen LogP contribution < -0.4 is 23.8 Å². The number of methoxy groups -OCH3 is 2. The summed E-state index contributed by atoms with van der Waals surface area (Å²) >= 11 is 6.73. The Balaban J connectivity index is 1.63. The molecule has 4 rings (SSSR count). The van der Waals surface area contributed by atoms with Crippen LogP contribution in [0.15, 0.2) is 59.2 Å². The first-order valence-corrected chi connectivity index (χ1v) is 16.2. The highest BCUT2D eigenvalue weighted by Crippen LogP contribution is 2.35. The van der Waals surface area contributed by atoms with Crippen LogP contribution >= 0.6 is 23.1 Å². The second kappa shape index (κ2) is 14.5. The van der Waals surface area contributed by atoms with E-state index >= 15 is 8.78 Å². The van der Waals surface area contributed by atoms with Crippen LogP contribution in [0.5, 0.6) is 17.2 Å². The maximum absolute atomic E-state index is 15.7. The van der Waals surface area contributed by atoms with Gasteiger partial charge in [0.25, 0.3) is 10.0 Å². The van der Waals surface area contributed by atoms with Crippen LogP contribution in [0, 0.1) is 11.6 Å². The van der Waals surface area contributed by atoms with Crippen molar-refractivity contribution in [1.29, 1.82) is 0 Å². The molecule has 1 heterocycles. The fourth-order valence-electron chi connectivity index (χ4n) is 4.16. The molecule has 0 atom stereocenters. The molecule has 0 unspecified atom stereocenters. The van der Waals surface area contributed by atoms with Crippen LogP contribution in [-0.2, 0) is 34.5 Å². The summed E-state index contributed by atoms with van der Waals surface area (Å²) < 4.78 is 84.0. The molecule has 0 aliphatic rings. The van der Waals surface area contributed by atoms with Gasteiger partial charge in [-0.15, -0.1) is 0 Å². The first kappa shape index (κ1) is 34.7. The summed E-state index contributed by atoms with van der Waals surface area (Å²) in [5.41, 5.74) is 0.124. The summed E-state index contributed by atoms with van der Waals surface area (Å²) in [5.74, 6) is -1.88. The number of nitrogens with one attached hydrogen (secondary N) is 1. The van der Waals surface area contributed by atoms with E-state index in [1.807, 2.05) is 0 Å². The Kier molecular flexibility index (Phi) is 10.9. The molecule has 0 aliphatic carbocycles. The Morgan fingerprint density at radius 2 is 1.72 bits per heavy atom. The number of anilines is 1. The van der Waals surface area contributed by atoms with Gasteiger partial charge in [0.2, 0.25) is 4.34 Å². The van der Waals surface area contributed by atoms with Crippen molar-refractivity contribution in [2.75, 3.05) is 18.5 Å². The summed E-state index contributed by atoms with van der Waals surface area (Å²) in [7, 11) is -1.67. The van der Waals surface area contributed by atoms with Gasteiger partial charge in [-0.25, -0.2) is 18.6 Å². The van der Waals surface area contributed by atoms with E-state index in [1.165, 1.54) is 20.3 Å². The summed E-state index contributed by atoms with van der Waals surface area (Å²) in [5, 5.41) is 3.01. The Labute approximate surface area is 274 Å². The number of alkyl carbamates (subject to hydrolysis) is 1. The lowest BCUT2D eigenvalue weighted by atomic mass is 10.1. The minimum atomic E-state index is -4.50. The average Bonchev–Trinajstić information content (AvgIpc) is 3.55. The molecule has 1 amide bonds. The number of nitrogens with zero attached hydrogens (tertiary/aromatic N) is 3. The zero-order valence-electron chi connectivity index (χ0n) is 25.5. The molecule has 0 radical (unpaired) electrons. The lowest BCUT2D eigenvalue weighted by molar-refractivity contribution is 0.0523. The molecule has 1 aromatic heterocycles. The van der Waals surface area contributed by atoms with E-state index in [9.17, 15) is 13.2 Å². The topological polar surface area (TPSA) is 129 Å². The number of carbonyl (C=O) groups is 1. The molecule has 246 valence electrons. The van der Waals surface area contributed by atoms with Crippen molar-refractivity contribution in [1.82, 2.24) is 14.7 Å². The quantitative estimate of drug-likeness (QED) is 0.177. The second-order valence-corrected chi connectivity index (χ2v) is 13.9. The zero-order chi connectivity index (χ0) is 33.6. The van der Waals surface area contributed by atoms with E-state index < -0.39 is 55.7 Å². The van der Waals surface area contributed by atoms with E-state index in [1.54, 1.807) is 51.1 Å². The molecule has 16 heteroatoms. The van der Waals surface area contributed by atoms with Crippen LogP contribution in [0.25, 0.3) is 0 Å². The molecule has 0 saturated heterocycles. The zero-order valence-corrected chi connectivity index (χ0v) is 27.9. The Hall–Kier alpha value is -4.21. The van der Waals surface area contributed by atoms with Gasteiger partial charge >= 0.3 is 6.09 Å². The standard InChI is InChI=1S/C30H31ClF2N4O7S2/c1-30(2,3)44-28(38)34-14-20-10-21(31)8-6-19(20)16-43-27-13-23(32)25(12-24(27)33)37(46(39,40)29-35-17-36-45-29)15-18-7-9-22(41-4)11-26(18)42-5/h6-13,17H,14-16H2,1-5H3,(H,34,38). The molecule has 0 saturated carbocycles. The van der Waals surface area contributed by atoms with Crippen LogP contribution in [0.3, 0.4) is 0 Å². The lowest BCUT2D eigenvalue weighted by Crippen LogP contribution is -2.32. The number of hydrogen-bond donors (Lipinski definition) is 1. The minimum Gasteiger partial charge on any atom is -0.497 e. The smallest absolute Gasteiger partial charge is 0.407 e. The van der Waals surface area contributed by atoms with Gasteiger partial charge < -0.3 is 24.3 Å². The number of halogens is 3. The lowest BCUT2D eigenvalue weighted by Gasteiger charge is -2.25. The molecule has 11 nitrogen and oxygen atoms in total. The fourth-order valence-corrected chi connectivity index (χ4v) is 6.49.